The van der Waals surface area contributed by atoms with Gasteiger partial charge < -0.3 is 9.94 Å². The Hall–Kier alpha value is -2.54. The lowest BCUT2D eigenvalue weighted by Gasteiger charge is -2.25. The topological polar surface area (TPSA) is 81.4 Å². The smallest absolute Gasteiger partial charge is 0.178 e. The fourth-order valence-electron chi connectivity index (χ4n) is 3.99. The highest BCUT2D eigenvalue weighted by molar-refractivity contribution is 7.91. The number of fused-ring (bicyclic) bond motifs is 1. The number of benzene rings is 1. The lowest BCUT2D eigenvalue weighted by atomic mass is 9.96. The Balaban J connectivity index is 1.88. The summed E-state index contributed by atoms with van der Waals surface area (Å²) < 4.78 is 32.4. The molecule has 0 aromatic heterocycles. The van der Waals surface area contributed by atoms with Crippen molar-refractivity contribution in [2.75, 3.05) is 5.75 Å². The van der Waals surface area contributed by atoms with Gasteiger partial charge in [-0.15, -0.1) is 0 Å². The second-order valence-electron chi connectivity index (χ2n) is 7.63. The van der Waals surface area contributed by atoms with Crippen LogP contribution in [0.4, 0.5) is 0 Å². The minimum Gasteiger partial charge on any atom is -0.490 e. The average Bonchev–Trinajstić information content (AvgIpc) is 3.22. The fourth-order valence-corrected chi connectivity index (χ4v) is 4.89. The molecule has 1 aromatic rings. The maximum absolute atomic E-state index is 12.5. The van der Waals surface area contributed by atoms with E-state index in [9.17, 15) is 13.6 Å². The summed E-state index contributed by atoms with van der Waals surface area (Å²) in [6.45, 7) is 3.42. The third-order valence-corrected chi connectivity index (χ3v) is 7.42. The fraction of sp³-hybridized carbons (Fsp3) is 0.409. The van der Waals surface area contributed by atoms with Crippen molar-refractivity contribution in [1.29, 1.82) is 0 Å². The first kappa shape index (κ1) is 19.8. The van der Waals surface area contributed by atoms with Gasteiger partial charge in [0.25, 0.3) is 0 Å². The number of hydrogen-bond acceptors (Lipinski definition) is 5. The summed E-state index contributed by atoms with van der Waals surface area (Å²) in [4.78, 5) is 4.53. The Morgan fingerprint density at radius 3 is 2.59 bits per heavy atom. The van der Waals surface area contributed by atoms with E-state index in [0.717, 1.165) is 41.5 Å². The molecule has 3 aliphatic rings. The van der Waals surface area contributed by atoms with E-state index in [-0.39, 0.29) is 16.8 Å². The van der Waals surface area contributed by atoms with E-state index in [4.69, 9.17) is 4.74 Å². The van der Waals surface area contributed by atoms with E-state index in [1.807, 2.05) is 12.1 Å². The first-order chi connectivity index (χ1) is 13.9. The van der Waals surface area contributed by atoms with E-state index in [2.05, 4.69) is 4.98 Å². The maximum atomic E-state index is 12.5. The van der Waals surface area contributed by atoms with Crippen molar-refractivity contribution in [3.63, 3.8) is 0 Å². The molecule has 1 aromatic carbocycles. The summed E-state index contributed by atoms with van der Waals surface area (Å²) in [5.41, 5.74) is 2.88. The van der Waals surface area contributed by atoms with Crippen molar-refractivity contribution in [2.24, 2.45) is 0 Å². The molecule has 1 saturated carbocycles. The number of hydrogen-bond donors (Lipinski definition) is 1. The van der Waals surface area contributed by atoms with Crippen molar-refractivity contribution in [1.82, 2.24) is 9.71 Å². The van der Waals surface area contributed by atoms with Gasteiger partial charge in [-0.25, -0.2) is 13.4 Å². The molecule has 4 rings (SSSR count). The number of rotatable bonds is 5. The monoisotopic (exact) mass is 414 g/mol. The van der Waals surface area contributed by atoms with Crippen LogP contribution in [0.5, 0.6) is 5.75 Å². The third kappa shape index (κ3) is 3.71. The average molecular weight is 415 g/mol. The zero-order chi connectivity index (χ0) is 20.6. The molecular weight excluding hydrogens is 388 g/mol. The van der Waals surface area contributed by atoms with Gasteiger partial charge >= 0.3 is 0 Å². The number of sulfone groups is 1. The van der Waals surface area contributed by atoms with Crippen molar-refractivity contribution >= 4 is 9.84 Å². The van der Waals surface area contributed by atoms with Crippen LogP contribution in [0.3, 0.4) is 0 Å². The molecule has 6 nitrogen and oxygen atoms in total. The molecule has 1 N–H and O–H groups in total. The summed E-state index contributed by atoms with van der Waals surface area (Å²) in [6, 6.07) is 8.75. The highest BCUT2D eigenvalue weighted by Crippen LogP contribution is 2.41. The van der Waals surface area contributed by atoms with Crippen LogP contribution < -0.4 is 4.74 Å². The molecule has 154 valence electrons. The lowest BCUT2D eigenvalue weighted by Crippen LogP contribution is -2.20. The molecule has 0 unspecified atom stereocenters. The van der Waals surface area contributed by atoms with Gasteiger partial charge in [-0.1, -0.05) is 13.3 Å². The van der Waals surface area contributed by atoms with Crippen LogP contribution in [0.15, 0.2) is 41.4 Å². The highest BCUT2D eigenvalue weighted by atomic mass is 32.2. The van der Waals surface area contributed by atoms with Crippen LogP contribution in [-0.4, -0.2) is 35.2 Å². The van der Waals surface area contributed by atoms with E-state index in [1.54, 1.807) is 38.2 Å². The summed E-state index contributed by atoms with van der Waals surface area (Å²) in [6.07, 6.45) is 7.31. The molecule has 0 saturated heterocycles. The number of ether oxygens (including phenoxy) is 1. The zero-order valence-corrected chi connectivity index (χ0v) is 17.6. The van der Waals surface area contributed by atoms with Gasteiger partial charge in [0.15, 0.2) is 15.7 Å². The Bertz CT molecular complexity index is 1100. The predicted molar refractivity (Wildman–Crippen MR) is 111 cm³/mol. The van der Waals surface area contributed by atoms with Crippen LogP contribution in [-0.2, 0) is 9.84 Å². The van der Waals surface area contributed by atoms with Crippen molar-refractivity contribution in [3.05, 3.63) is 42.2 Å². The van der Waals surface area contributed by atoms with Gasteiger partial charge in [0, 0.05) is 17.3 Å². The van der Waals surface area contributed by atoms with Gasteiger partial charge in [0.2, 0.25) is 0 Å². The normalized spacial score (nSPS) is 15.7. The first-order valence-electron chi connectivity index (χ1n) is 10.1. The summed E-state index contributed by atoms with van der Waals surface area (Å²) in [5.74, 6) is 1.14. The Morgan fingerprint density at radius 2 is 1.86 bits per heavy atom. The summed E-state index contributed by atoms with van der Waals surface area (Å²) in [7, 11) is -3.36. The third-order valence-electron chi connectivity index (χ3n) is 5.68. The van der Waals surface area contributed by atoms with Crippen LogP contribution in [0.1, 0.15) is 44.7 Å². The summed E-state index contributed by atoms with van der Waals surface area (Å²) >= 11 is 0. The lowest BCUT2D eigenvalue weighted by molar-refractivity contribution is 0.155. The zero-order valence-electron chi connectivity index (χ0n) is 16.8. The van der Waals surface area contributed by atoms with E-state index < -0.39 is 9.84 Å². The Labute approximate surface area is 171 Å². The van der Waals surface area contributed by atoms with Gasteiger partial charge in [-0.05, 0) is 68.5 Å². The summed E-state index contributed by atoms with van der Waals surface area (Å²) in [5, 5.41) is 10.3. The van der Waals surface area contributed by atoms with Crippen LogP contribution in [0.2, 0.25) is 0 Å². The Kier molecular flexibility index (Phi) is 5.25. The minimum atomic E-state index is -3.36. The quantitative estimate of drug-likeness (QED) is 0.612. The molecule has 1 fully saturated rings. The molecule has 2 heterocycles. The standard InChI is InChI=1S/C22H26N2O4S/c1-3-29(26,27)17-9-10-21(28-16-7-5-4-6-8-16)20(14-17)19-13-15(2)24(25)22-18(19)11-12-23-22/h9-14,16,25H,3-8H2,1-2H3. The molecule has 0 radical (unpaired) electrons. The molecule has 0 spiro atoms. The molecule has 1 aliphatic carbocycles. The van der Waals surface area contributed by atoms with Gasteiger partial charge in [0.05, 0.1) is 22.4 Å². The second-order valence-corrected chi connectivity index (χ2v) is 9.91. The molecule has 0 atom stereocenters. The molecule has 2 aliphatic heterocycles. The van der Waals surface area contributed by atoms with Crippen LogP contribution in [0, 0.1) is 6.92 Å². The molecule has 29 heavy (non-hydrogen) atoms. The van der Waals surface area contributed by atoms with Crippen molar-refractivity contribution in [2.45, 2.75) is 57.0 Å². The Morgan fingerprint density at radius 1 is 1.10 bits per heavy atom. The highest BCUT2D eigenvalue weighted by Gasteiger charge is 2.24. The van der Waals surface area contributed by atoms with Crippen molar-refractivity contribution in [3.8, 4) is 28.3 Å². The first-order valence-corrected chi connectivity index (χ1v) is 11.8. The van der Waals surface area contributed by atoms with E-state index in [0.29, 0.717) is 22.8 Å². The molecule has 7 heteroatoms. The second kappa shape index (κ2) is 7.71. The number of pyridine rings is 1. The number of aromatic nitrogens is 2. The molecular formula is C22H26N2O4S. The SMILES string of the molecule is CCS(=O)(=O)c1ccc(OC2CCCCC2)c(-c2cc(C)n(O)c3nccc2-3)c1. The van der Waals surface area contributed by atoms with Gasteiger partial charge in [-0.2, -0.15) is 4.73 Å². The van der Waals surface area contributed by atoms with Crippen molar-refractivity contribution < 1.29 is 18.4 Å². The van der Waals surface area contributed by atoms with Crippen LogP contribution in [0.25, 0.3) is 22.5 Å². The van der Waals surface area contributed by atoms with Gasteiger partial charge in [0.1, 0.15) is 5.75 Å². The van der Waals surface area contributed by atoms with Crippen LogP contribution >= 0.6 is 0 Å². The van der Waals surface area contributed by atoms with Gasteiger partial charge in [-0.3, -0.25) is 0 Å². The van der Waals surface area contributed by atoms with E-state index in [1.165, 1.54) is 6.42 Å². The number of aryl methyl sites for hydroxylation is 1. The predicted octanol–water partition coefficient (Wildman–Crippen LogP) is 4.71. The number of nitrogens with zero attached hydrogens (tertiary/aromatic N) is 2. The molecule has 0 bridgehead atoms. The van der Waals surface area contributed by atoms with E-state index >= 15 is 0 Å². The maximum Gasteiger partial charge on any atom is 0.178 e. The minimum absolute atomic E-state index is 0.0348. The largest absolute Gasteiger partial charge is 0.490 e. The molecule has 0 amide bonds.